The van der Waals surface area contributed by atoms with Gasteiger partial charge >= 0.3 is 5.97 Å². The van der Waals surface area contributed by atoms with E-state index in [4.69, 9.17) is 9.84 Å². The molecular formula is C12H17NO3. The van der Waals surface area contributed by atoms with Crippen LogP contribution in [0.25, 0.3) is 0 Å². The predicted octanol–water partition coefficient (Wildman–Crippen LogP) is 2.22. The maximum atomic E-state index is 11.0. The van der Waals surface area contributed by atoms with Gasteiger partial charge in [0.05, 0.1) is 7.11 Å². The standard InChI is InChI=1S/C12H17NO3/c1-8(2)11(12(14)15)13-9-4-6-10(16-3)7-5-9/h4-8,11,13H,1-3H3,(H,14,15)/t11-/m0/s1. The van der Waals surface area contributed by atoms with Crippen molar-refractivity contribution in [2.75, 3.05) is 12.4 Å². The van der Waals surface area contributed by atoms with Gasteiger partial charge in [-0.05, 0) is 30.2 Å². The molecule has 88 valence electrons. The van der Waals surface area contributed by atoms with Gasteiger partial charge in [0.15, 0.2) is 0 Å². The van der Waals surface area contributed by atoms with Crippen LogP contribution >= 0.6 is 0 Å². The Hall–Kier alpha value is -1.71. The Morgan fingerprint density at radius 2 is 1.88 bits per heavy atom. The number of anilines is 1. The Kier molecular flexibility index (Phi) is 4.17. The Morgan fingerprint density at radius 3 is 2.25 bits per heavy atom. The van der Waals surface area contributed by atoms with Gasteiger partial charge in [-0.1, -0.05) is 13.8 Å². The topological polar surface area (TPSA) is 58.6 Å². The van der Waals surface area contributed by atoms with Gasteiger partial charge in [-0.3, -0.25) is 0 Å². The van der Waals surface area contributed by atoms with E-state index in [1.165, 1.54) is 0 Å². The lowest BCUT2D eigenvalue weighted by Crippen LogP contribution is -2.34. The normalized spacial score (nSPS) is 12.2. The second kappa shape index (κ2) is 5.39. The van der Waals surface area contributed by atoms with Crippen molar-refractivity contribution in [1.82, 2.24) is 0 Å². The zero-order chi connectivity index (χ0) is 12.1. The van der Waals surface area contributed by atoms with Gasteiger partial charge in [0, 0.05) is 5.69 Å². The number of aliphatic carboxylic acids is 1. The molecule has 0 aromatic heterocycles. The fourth-order valence-electron chi connectivity index (χ4n) is 1.38. The summed E-state index contributed by atoms with van der Waals surface area (Å²) in [5.74, 6) is -0.0626. The SMILES string of the molecule is COc1ccc(N[C@H](C(=O)O)C(C)C)cc1. The number of carboxylic acid groups (broad SMARTS) is 1. The largest absolute Gasteiger partial charge is 0.497 e. The summed E-state index contributed by atoms with van der Waals surface area (Å²) in [4.78, 5) is 11.0. The van der Waals surface area contributed by atoms with Crippen molar-refractivity contribution in [2.45, 2.75) is 19.9 Å². The van der Waals surface area contributed by atoms with Gasteiger partial charge in [0.2, 0.25) is 0 Å². The van der Waals surface area contributed by atoms with Crippen molar-refractivity contribution in [1.29, 1.82) is 0 Å². The molecule has 0 amide bonds. The highest BCUT2D eigenvalue weighted by Gasteiger charge is 2.20. The highest BCUT2D eigenvalue weighted by molar-refractivity contribution is 5.77. The number of benzene rings is 1. The molecule has 0 fully saturated rings. The summed E-state index contributed by atoms with van der Waals surface area (Å²) >= 11 is 0. The highest BCUT2D eigenvalue weighted by atomic mass is 16.5. The van der Waals surface area contributed by atoms with Gasteiger partial charge in [0.1, 0.15) is 11.8 Å². The molecule has 1 aromatic rings. The Labute approximate surface area is 95.2 Å². The first-order valence-electron chi connectivity index (χ1n) is 5.18. The summed E-state index contributed by atoms with van der Waals surface area (Å²) in [7, 11) is 1.59. The number of nitrogens with one attached hydrogen (secondary N) is 1. The summed E-state index contributed by atoms with van der Waals surface area (Å²) < 4.78 is 5.02. The van der Waals surface area contributed by atoms with E-state index in [-0.39, 0.29) is 5.92 Å². The van der Waals surface area contributed by atoms with Crippen LogP contribution in [0.15, 0.2) is 24.3 Å². The molecule has 1 atom stereocenters. The lowest BCUT2D eigenvalue weighted by molar-refractivity contribution is -0.138. The van der Waals surface area contributed by atoms with Crippen molar-refractivity contribution < 1.29 is 14.6 Å². The van der Waals surface area contributed by atoms with E-state index in [9.17, 15) is 4.79 Å². The second-order valence-electron chi connectivity index (χ2n) is 3.93. The lowest BCUT2D eigenvalue weighted by atomic mass is 10.0. The zero-order valence-corrected chi connectivity index (χ0v) is 9.73. The summed E-state index contributed by atoms with van der Waals surface area (Å²) in [5.41, 5.74) is 0.780. The van der Waals surface area contributed by atoms with E-state index >= 15 is 0 Å². The van der Waals surface area contributed by atoms with Crippen LogP contribution in [-0.2, 0) is 4.79 Å². The summed E-state index contributed by atoms with van der Waals surface area (Å²) in [6, 6.07) is 6.62. The molecule has 0 heterocycles. The predicted molar refractivity (Wildman–Crippen MR) is 62.9 cm³/mol. The third kappa shape index (κ3) is 3.15. The first-order chi connectivity index (χ1) is 7.54. The number of carboxylic acids is 1. The minimum atomic E-state index is -0.842. The number of carbonyl (C=O) groups is 1. The van der Waals surface area contributed by atoms with Crippen molar-refractivity contribution in [3.8, 4) is 5.75 Å². The van der Waals surface area contributed by atoms with Crippen molar-refractivity contribution in [3.63, 3.8) is 0 Å². The van der Waals surface area contributed by atoms with Crippen molar-refractivity contribution in [2.24, 2.45) is 5.92 Å². The molecule has 1 rings (SSSR count). The van der Waals surface area contributed by atoms with E-state index in [1.54, 1.807) is 31.4 Å². The first kappa shape index (κ1) is 12.4. The van der Waals surface area contributed by atoms with Gasteiger partial charge < -0.3 is 15.2 Å². The summed E-state index contributed by atoms with van der Waals surface area (Å²) in [5, 5.41) is 12.0. The van der Waals surface area contributed by atoms with E-state index in [1.807, 2.05) is 13.8 Å². The fraction of sp³-hybridized carbons (Fsp3) is 0.417. The summed E-state index contributed by atoms with van der Waals surface area (Å²) in [6.45, 7) is 3.74. The average Bonchev–Trinajstić information content (AvgIpc) is 2.25. The number of rotatable bonds is 5. The fourth-order valence-corrected chi connectivity index (χ4v) is 1.38. The second-order valence-corrected chi connectivity index (χ2v) is 3.93. The third-order valence-electron chi connectivity index (χ3n) is 2.34. The molecular weight excluding hydrogens is 206 g/mol. The van der Waals surface area contributed by atoms with Crippen LogP contribution in [0.3, 0.4) is 0 Å². The Balaban J connectivity index is 2.74. The molecule has 0 aliphatic heterocycles. The minimum Gasteiger partial charge on any atom is -0.497 e. The number of hydrogen-bond donors (Lipinski definition) is 2. The van der Waals surface area contributed by atoms with E-state index < -0.39 is 12.0 Å². The van der Waals surface area contributed by atoms with Crippen molar-refractivity contribution >= 4 is 11.7 Å². The molecule has 4 nitrogen and oxygen atoms in total. The highest BCUT2D eigenvalue weighted by Crippen LogP contribution is 2.17. The maximum absolute atomic E-state index is 11.0. The summed E-state index contributed by atoms with van der Waals surface area (Å²) in [6.07, 6.45) is 0. The quantitative estimate of drug-likeness (QED) is 0.803. The van der Waals surface area contributed by atoms with Gasteiger partial charge in [-0.15, -0.1) is 0 Å². The third-order valence-corrected chi connectivity index (χ3v) is 2.34. The molecule has 0 aliphatic carbocycles. The van der Waals surface area contributed by atoms with Crippen molar-refractivity contribution in [3.05, 3.63) is 24.3 Å². The molecule has 0 bridgehead atoms. The van der Waals surface area contributed by atoms with Crippen LogP contribution in [0.2, 0.25) is 0 Å². The van der Waals surface area contributed by atoms with Crippen LogP contribution < -0.4 is 10.1 Å². The molecule has 0 saturated heterocycles. The van der Waals surface area contributed by atoms with Gasteiger partial charge in [0.25, 0.3) is 0 Å². The van der Waals surface area contributed by atoms with E-state index in [0.29, 0.717) is 0 Å². The molecule has 2 N–H and O–H groups in total. The van der Waals surface area contributed by atoms with Crippen LogP contribution in [-0.4, -0.2) is 24.2 Å². The Bertz CT molecular complexity index is 346. The van der Waals surface area contributed by atoms with Crippen LogP contribution in [0.5, 0.6) is 5.75 Å². The number of methoxy groups -OCH3 is 1. The molecule has 4 heteroatoms. The molecule has 16 heavy (non-hydrogen) atoms. The van der Waals surface area contributed by atoms with Crippen LogP contribution in [0.4, 0.5) is 5.69 Å². The van der Waals surface area contributed by atoms with Crippen LogP contribution in [0.1, 0.15) is 13.8 Å². The molecule has 0 unspecified atom stereocenters. The molecule has 0 saturated carbocycles. The average molecular weight is 223 g/mol. The molecule has 0 radical (unpaired) electrons. The number of ether oxygens (including phenoxy) is 1. The lowest BCUT2D eigenvalue weighted by Gasteiger charge is -2.19. The number of hydrogen-bond acceptors (Lipinski definition) is 3. The molecule has 1 aromatic carbocycles. The molecule has 0 spiro atoms. The van der Waals surface area contributed by atoms with Crippen LogP contribution in [0, 0.1) is 5.92 Å². The zero-order valence-electron chi connectivity index (χ0n) is 9.73. The minimum absolute atomic E-state index is 0.0274. The monoisotopic (exact) mass is 223 g/mol. The van der Waals surface area contributed by atoms with E-state index in [0.717, 1.165) is 11.4 Å². The van der Waals surface area contributed by atoms with E-state index in [2.05, 4.69) is 5.32 Å². The molecule has 0 aliphatic rings. The van der Waals surface area contributed by atoms with Gasteiger partial charge in [-0.2, -0.15) is 0 Å². The Morgan fingerprint density at radius 1 is 1.31 bits per heavy atom. The maximum Gasteiger partial charge on any atom is 0.326 e. The smallest absolute Gasteiger partial charge is 0.326 e. The van der Waals surface area contributed by atoms with Gasteiger partial charge in [-0.25, -0.2) is 4.79 Å². The first-order valence-corrected chi connectivity index (χ1v) is 5.18.